The number of methoxy groups -OCH3 is 1. The van der Waals surface area contributed by atoms with E-state index in [1.807, 2.05) is 18.2 Å². The van der Waals surface area contributed by atoms with E-state index in [-0.39, 0.29) is 0 Å². The third kappa shape index (κ3) is 7.58. The number of benzene rings is 1. The van der Waals surface area contributed by atoms with Gasteiger partial charge in [-0.3, -0.25) is 4.90 Å². The summed E-state index contributed by atoms with van der Waals surface area (Å²) in [5, 5.41) is 11.1. The number of nitrogens with one attached hydrogen (secondary N) is 3. The Morgan fingerprint density at radius 2 is 1.71 bits per heavy atom. The van der Waals surface area contributed by atoms with Gasteiger partial charge >= 0.3 is 0 Å². The topological polar surface area (TPSA) is 87.2 Å². The molecule has 0 bridgehead atoms. The van der Waals surface area contributed by atoms with E-state index in [9.17, 15) is 0 Å². The number of likely N-dealkylation sites (tertiary alicyclic amines) is 1. The highest BCUT2D eigenvalue weighted by molar-refractivity contribution is 6.32. The summed E-state index contributed by atoms with van der Waals surface area (Å²) in [5.41, 5.74) is 1.13. The maximum Gasteiger partial charge on any atom is 0.229 e. The van der Waals surface area contributed by atoms with E-state index in [1.165, 1.54) is 57.9 Å². The fraction of sp³-hybridized carbons (Fsp3) is 0.654. The summed E-state index contributed by atoms with van der Waals surface area (Å²) in [6.07, 6.45) is 10.8. The van der Waals surface area contributed by atoms with Gasteiger partial charge in [-0.1, -0.05) is 50.3 Å². The summed E-state index contributed by atoms with van der Waals surface area (Å²) < 4.78 is 5.25. The largest absolute Gasteiger partial charge is 0.495 e. The van der Waals surface area contributed by atoms with Crippen LogP contribution in [0.4, 0.5) is 17.8 Å². The summed E-state index contributed by atoms with van der Waals surface area (Å²) in [5.74, 6) is 2.57. The molecule has 2 aliphatic rings. The molecule has 1 aromatic carbocycles. The van der Waals surface area contributed by atoms with Crippen LogP contribution in [-0.2, 0) is 6.42 Å². The van der Waals surface area contributed by atoms with E-state index in [4.69, 9.17) is 26.3 Å². The zero-order valence-corrected chi connectivity index (χ0v) is 21.9. The van der Waals surface area contributed by atoms with Gasteiger partial charge in [0.2, 0.25) is 17.8 Å². The van der Waals surface area contributed by atoms with Crippen molar-refractivity contribution >= 4 is 29.4 Å². The van der Waals surface area contributed by atoms with Crippen LogP contribution in [-0.4, -0.2) is 65.2 Å². The Hall–Kier alpha value is -2.32. The number of halogens is 1. The lowest BCUT2D eigenvalue weighted by Gasteiger charge is -2.23. The smallest absolute Gasteiger partial charge is 0.229 e. The van der Waals surface area contributed by atoms with Gasteiger partial charge in [0.15, 0.2) is 0 Å². The third-order valence-corrected chi connectivity index (χ3v) is 7.43. The fourth-order valence-electron chi connectivity index (χ4n) is 5.14. The Balaban J connectivity index is 1.41. The molecule has 0 radical (unpaired) electrons. The van der Waals surface area contributed by atoms with Crippen LogP contribution in [0.2, 0.25) is 5.02 Å². The monoisotopic (exact) mass is 501 g/mol. The average molecular weight is 502 g/mol. The highest BCUT2D eigenvalue weighted by atomic mass is 35.5. The van der Waals surface area contributed by atoms with E-state index < -0.39 is 0 Å². The lowest BCUT2D eigenvalue weighted by atomic mass is 10.1. The first-order valence-electron chi connectivity index (χ1n) is 13.2. The maximum atomic E-state index is 6.28. The van der Waals surface area contributed by atoms with Gasteiger partial charge in [0, 0.05) is 25.2 Å². The third-order valence-electron chi connectivity index (χ3n) is 7.14. The Labute approximate surface area is 214 Å². The zero-order valence-electron chi connectivity index (χ0n) is 21.2. The summed E-state index contributed by atoms with van der Waals surface area (Å²) in [6, 6.07) is 6.84. The van der Waals surface area contributed by atoms with Gasteiger partial charge in [-0.15, -0.1) is 0 Å². The van der Waals surface area contributed by atoms with Crippen molar-refractivity contribution in [1.82, 2.24) is 19.9 Å². The van der Waals surface area contributed by atoms with Crippen LogP contribution in [0, 0.1) is 0 Å². The molecular weight excluding hydrogens is 462 g/mol. The predicted octanol–water partition coefficient (Wildman–Crippen LogP) is 5.22. The molecule has 8 nitrogen and oxygen atoms in total. The van der Waals surface area contributed by atoms with Crippen LogP contribution in [0.1, 0.15) is 63.9 Å². The van der Waals surface area contributed by atoms with Crippen molar-refractivity contribution in [2.24, 2.45) is 0 Å². The molecule has 1 unspecified atom stereocenters. The summed E-state index contributed by atoms with van der Waals surface area (Å²) >= 11 is 6.28. The van der Waals surface area contributed by atoms with E-state index in [1.54, 1.807) is 7.11 Å². The van der Waals surface area contributed by atoms with Gasteiger partial charge in [0.05, 0.1) is 12.1 Å². The van der Waals surface area contributed by atoms with E-state index in [2.05, 4.69) is 32.8 Å². The molecule has 1 aromatic heterocycles. The van der Waals surface area contributed by atoms with E-state index in [0.29, 0.717) is 47.2 Å². The minimum atomic E-state index is 0.424. The number of aromatic nitrogens is 3. The normalized spacial score (nSPS) is 19.3. The second-order valence-corrected chi connectivity index (χ2v) is 10.00. The van der Waals surface area contributed by atoms with Gasteiger partial charge in [-0.05, 0) is 62.9 Å². The highest BCUT2D eigenvalue weighted by Crippen LogP contribution is 2.25. The maximum absolute atomic E-state index is 6.28. The minimum Gasteiger partial charge on any atom is -0.495 e. The molecule has 0 amide bonds. The van der Waals surface area contributed by atoms with Crippen LogP contribution in [0.15, 0.2) is 18.2 Å². The van der Waals surface area contributed by atoms with E-state index in [0.717, 1.165) is 25.1 Å². The van der Waals surface area contributed by atoms with Crippen molar-refractivity contribution in [2.75, 3.05) is 49.2 Å². The number of rotatable bonds is 11. The number of ether oxygens (including phenoxy) is 1. The van der Waals surface area contributed by atoms with Gasteiger partial charge in [-0.2, -0.15) is 15.0 Å². The highest BCUT2D eigenvalue weighted by Gasteiger charge is 2.23. The standard InChI is InChI=1S/C26H40ClN7O/c1-3-34-16-8-11-21(34)18-29-25-31-24(28-15-14-19-12-13-23(35-2)22(27)17-19)32-26(33-25)30-20-9-6-4-5-7-10-20/h12-13,17,20-21H,3-11,14-16,18H2,1-2H3,(H3,28,29,30,31,32,33). The first-order valence-corrected chi connectivity index (χ1v) is 13.6. The molecule has 1 saturated heterocycles. The molecule has 4 rings (SSSR count). The Bertz CT molecular complexity index is 936. The molecule has 9 heteroatoms. The molecule has 1 aliphatic carbocycles. The number of anilines is 3. The molecule has 1 atom stereocenters. The van der Waals surface area contributed by atoms with Crippen molar-refractivity contribution in [3.8, 4) is 5.75 Å². The van der Waals surface area contributed by atoms with Crippen LogP contribution >= 0.6 is 11.6 Å². The van der Waals surface area contributed by atoms with Crippen molar-refractivity contribution in [1.29, 1.82) is 0 Å². The van der Waals surface area contributed by atoms with Crippen molar-refractivity contribution < 1.29 is 4.74 Å². The quantitative estimate of drug-likeness (QED) is 0.361. The van der Waals surface area contributed by atoms with Gasteiger partial charge in [0.1, 0.15) is 5.75 Å². The Kier molecular flexibility index (Phi) is 9.66. The predicted molar refractivity (Wildman–Crippen MR) is 144 cm³/mol. The van der Waals surface area contributed by atoms with Gasteiger partial charge in [-0.25, -0.2) is 0 Å². The van der Waals surface area contributed by atoms with Crippen LogP contribution in [0.25, 0.3) is 0 Å². The molecule has 1 saturated carbocycles. The van der Waals surface area contributed by atoms with Crippen molar-refractivity contribution in [3.63, 3.8) is 0 Å². The van der Waals surface area contributed by atoms with Crippen LogP contribution < -0.4 is 20.7 Å². The van der Waals surface area contributed by atoms with Crippen LogP contribution in [0.3, 0.4) is 0 Å². The lowest BCUT2D eigenvalue weighted by Crippen LogP contribution is -2.35. The zero-order chi connectivity index (χ0) is 24.5. The second-order valence-electron chi connectivity index (χ2n) is 9.59. The molecular formula is C26H40ClN7O. The number of hydrogen-bond acceptors (Lipinski definition) is 8. The molecule has 0 spiro atoms. The van der Waals surface area contributed by atoms with E-state index >= 15 is 0 Å². The number of likely N-dealkylation sites (N-methyl/N-ethyl adjacent to an activating group) is 1. The second kappa shape index (κ2) is 13.1. The average Bonchev–Trinajstić information content (AvgIpc) is 3.17. The molecule has 2 fully saturated rings. The number of nitrogens with zero attached hydrogens (tertiary/aromatic N) is 4. The SMILES string of the molecule is CCN1CCCC1CNc1nc(NCCc2ccc(OC)c(Cl)c2)nc(NC2CCCCCC2)n1. The Morgan fingerprint density at radius 1 is 0.971 bits per heavy atom. The minimum absolute atomic E-state index is 0.424. The van der Waals surface area contributed by atoms with Crippen molar-refractivity contribution in [3.05, 3.63) is 28.8 Å². The molecule has 3 N–H and O–H groups in total. The van der Waals surface area contributed by atoms with Crippen LogP contribution in [0.5, 0.6) is 5.75 Å². The number of hydrogen-bond donors (Lipinski definition) is 3. The summed E-state index contributed by atoms with van der Waals surface area (Å²) in [6.45, 7) is 6.04. The van der Waals surface area contributed by atoms with Gasteiger partial charge < -0.3 is 20.7 Å². The summed E-state index contributed by atoms with van der Waals surface area (Å²) in [7, 11) is 1.63. The fourth-order valence-corrected chi connectivity index (χ4v) is 5.42. The lowest BCUT2D eigenvalue weighted by molar-refractivity contribution is 0.277. The molecule has 1 aliphatic heterocycles. The Morgan fingerprint density at radius 3 is 2.43 bits per heavy atom. The summed E-state index contributed by atoms with van der Waals surface area (Å²) in [4.78, 5) is 16.6. The molecule has 2 aromatic rings. The first-order chi connectivity index (χ1) is 17.1. The molecule has 2 heterocycles. The van der Waals surface area contributed by atoms with Crippen molar-refractivity contribution in [2.45, 2.75) is 76.8 Å². The first kappa shape index (κ1) is 25.8. The molecule has 35 heavy (non-hydrogen) atoms. The molecule has 192 valence electrons. The van der Waals surface area contributed by atoms with Gasteiger partial charge in [0.25, 0.3) is 0 Å².